The highest BCUT2D eigenvalue weighted by Gasteiger charge is 2.32. The third-order valence-electron chi connectivity index (χ3n) is 3.91. The predicted octanol–water partition coefficient (Wildman–Crippen LogP) is 3.33. The van der Waals surface area contributed by atoms with Crippen molar-refractivity contribution in [3.8, 4) is 5.75 Å². The Hall–Kier alpha value is -2.80. The fraction of sp³-hybridized carbons (Fsp3) is 0.222. The van der Waals surface area contributed by atoms with Gasteiger partial charge in [0.15, 0.2) is 0 Å². The van der Waals surface area contributed by atoms with E-state index in [2.05, 4.69) is 16.0 Å². The Morgan fingerprint density at radius 1 is 1.16 bits per heavy atom. The molecule has 1 aromatic carbocycles. The minimum absolute atomic E-state index is 0.258. The first kappa shape index (κ1) is 17.0. The molecule has 0 spiro atoms. The number of amides is 3. The van der Waals surface area contributed by atoms with E-state index < -0.39 is 6.04 Å². The van der Waals surface area contributed by atoms with Crippen molar-refractivity contribution in [3.63, 3.8) is 0 Å². The number of thiophene rings is 1. The molecule has 0 unspecified atom stereocenters. The largest absolute Gasteiger partial charge is 0.497 e. The zero-order valence-corrected chi connectivity index (χ0v) is 15.0. The van der Waals surface area contributed by atoms with Crippen LogP contribution in [-0.2, 0) is 4.79 Å². The summed E-state index contributed by atoms with van der Waals surface area (Å²) in [5, 5.41) is 8.38. The molecule has 3 rings (SSSR count). The number of urea groups is 1. The fourth-order valence-corrected chi connectivity index (χ4v) is 3.63. The van der Waals surface area contributed by atoms with Crippen molar-refractivity contribution < 1.29 is 14.3 Å². The number of benzene rings is 1. The molecule has 2 aromatic rings. The first-order chi connectivity index (χ1) is 12.0. The maximum atomic E-state index is 12.8. The summed E-state index contributed by atoms with van der Waals surface area (Å²) in [5.41, 5.74) is 1.70. The molecule has 3 N–H and O–H groups in total. The van der Waals surface area contributed by atoms with Gasteiger partial charge < -0.3 is 20.7 Å². The first-order valence-corrected chi connectivity index (χ1v) is 8.59. The van der Waals surface area contributed by atoms with E-state index in [0.29, 0.717) is 22.7 Å². The van der Waals surface area contributed by atoms with E-state index in [4.69, 9.17) is 4.74 Å². The summed E-state index contributed by atoms with van der Waals surface area (Å²) in [4.78, 5) is 26.7. The van der Waals surface area contributed by atoms with E-state index in [1.807, 2.05) is 19.1 Å². The maximum Gasteiger partial charge on any atom is 0.319 e. The van der Waals surface area contributed by atoms with Crippen molar-refractivity contribution in [3.05, 3.63) is 57.4 Å². The van der Waals surface area contributed by atoms with Crippen LogP contribution in [0.15, 0.2) is 47.7 Å². The lowest BCUT2D eigenvalue weighted by molar-refractivity contribution is -0.113. The molecule has 25 heavy (non-hydrogen) atoms. The highest BCUT2D eigenvalue weighted by molar-refractivity contribution is 7.12. The Kier molecular flexibility index (Phi) is 4.76. The molecule has 1 atom stereocenters. The van der Waals surface area contributed by atoms with Crippen LogP contribution < -0.4 is 20.7 Å². The average molecular weight is 357 g/mol. The molecule has 0 aliphatic carbocycles. The Labute approximate surface area is 149 Å². The van der Waals surface area contributed by atoms with Crippen LogP contribution in [0.4, 0.5) is 10.5 Å². The van der Waals surface area contributed by atoms with Crippen molar-refractivity contribution in [2.45, 2.75) is 19.9 Å². The maximum absolute atomic E-state index is 12.8. The SMILES string of the molecule is COc1ccc(NC(=O)C2=C(C)NC(=O)N[C@@H]2c2ccc(C)s2)cc1. The molecule has 0 radical (unpaired) electrons. The number of hydrogen-bond acceptors (Lipinski definition) is 4. The molecular weight excluding hydrogens is 338 g/mol. The molecule has 1 aliphatic heterocycles. The van der Waals surface area contributed by atoms with E-state index >= 15 is 0 Å². The monoisotopic (exact) mass is 357 g/mol. The van der Waals surface area contributed by atoms with Crippen LogP contribution in [0.2, 0.25) is 0 Å². The zero-order valence-electron chi connectivity index (χ0n) is 14.2. The van der Waals surface area contributed by atoms with Gasteiger partial charge in [0, 0.05) is 21.1 Å². The Bertz CT molecular complexity index is 840. The second-order valence-electron chi connectivity index (χ2n) is 5.70. The first-order valence-electron chi connectivity index (χ1n) is 7.78. The molecule has 0 saturated heterocycles. The number of nitrogens with one attached hydrogen (secondary N) is 3. The number of hydrogen-bond donors (Lipinski definition) is 3. The van der Waals surface area contributed by atoms with Crippen molar-refractivity contribution in [2.24, 2.45) is 0 Å². The van der Waals surface area contributed by atoms with Crippen LogP contribution >= 0.6 is 11.3 Å². The van der Waals surface area contributed by atoms with E-state index in [9.17, 15) is 9.59 Å². The van der Waals surface area contributed by atoms with Crippen molar-refractivity contribution in [1.29, 1.82) is 0 Å². The van der Waals surface area contributed by atoms with Gasteiger partial charge in [0.05, 0.1) is 18.7 Å². The Morgan fingerprint density at radius 2 is 1.88 bits per heavy atom. The van der Waals surface area contributed by atoms with Crippen LogP contribution in [0.1, 0.15) is 22.7 Å². The molecule has 130 valence electrons. The van der Waals surface area contributed by atoms with Gasteiger partial charge in [-0.25, -0.2) is 4.79 Å². The second kappa shape index (κ2) is 6.98. The molecule has 0 bridgehead atoms. The summed E-state index contributed by atoms with van der Waals surface area (Å²) < 4.78 is 5.12. The number of rotatable bonds is 4. The lowest BCUT2D eigenvalue weighted by Gasteiger charge is -2.27. The molecule has 0 saturated carbocycles. The molecule has 2 heterocycles. The van der Waals surface area contributed by atoms with Crippen molar-refractivity contribution in [1.82, 2.24) is 10.6 Å². The molecule has 3 amide bonds. The second-order valence-corrected chi connectivity index (χ2v) is 7.02. The van der Waals surface area contributed by atoms with Gasteiger partial charge in [0.25, 0.3) is 5.91 Å². The lowest BCUT2D eigenvalue weighted by atomic mass is 10.0. The molecule has 7 heteroatoms. The number of ether oxygens (including phenoxy) is 1. The van der Waals surface area contributed by atoms with Crippen molar-refractivity contribution >= 4 is 29.0 Å². The van der Waals surface area contributed by atoms with Crippen LogP contribution in [0.25, 0.3) is 0 Å². The van der Waals surface area contributed by atoms with E-state index in [1.165, 1.54) is 0 Å². The number of allylic oxidation sites excluding steroid dienone is 1. The zero-order chi connectivity index (χ0) is 18.0. The van der Waals surface area contributed by atoms with Crippen molar-refractivity contribution in [2.75, 3.05) is 12.4 Å². The molecular formula is C18H19N3O3S. The smallest absolute Gasteiger partial charge is 0.319 e. The summed E-state index contributed by atoms with van der Waals surface area (Å²) in [7, 11) is 1.59. The summed E-state index contributed by atoms with van der Waals surface area (Å²) in [6, 6.07) is 10.2. The Balaban J connectivity index is 1.88. The number of carbonyl (C=O) groups is 2. The minimum Gasteiger partial charge on any atom is -0.497 e. The van der Waals surface area contributed by atoms with Gasteiger partial charge in [0.1, 0.15) is 5.75 Å². The van der Waals surface area contributed by atoms with Crippen LogP contribution in [0.3, 0.4) is 0 Å². The van der Waals surface area contributed by atoms with E-state index in [0.717, 1.165) is 9.75 Å². The quantitative estimate of drug-likeness (QED) is 0.785. The molecule has 1 aliphatic rings. The fourth-order valence-electron chi connectivity index (χ4n) is 2.69. The van der Waals surface area contributed by atoms with E-state index in [-0.39, 0.29) is 11.9 Å². The summed E-state index contributed by atoms with van der Waals surface area (Å²) in [6.07, 6.45) is 0. The number of aryl methyl sites for hydroxylation is 1. The van der Waals surface area contributed by atoms with E-state index in [1.54, 1.807) is 49.6 Å². The van der Waals surface area contributed by atoms with Gasteiger partial charge in [-0.1, -0.05) is 0 Å². The standard InChI is InChI=1S/C18H19N3O3S/c1-10-4-9-14(25-10)16-15(11(2)19-18(23)21-16)17(22)20-12-5-7-13(24-3)8-6-12/h4-9,16H,1-3H3,(H,20,22)(H2,19,21,23)/t16-/m1/s1. The normalized spacial score (nSPS) is 16.9. The van der Waals surface area contributed by atoms with Gasteiger partial charge >= 0.3 is 6.03 Å². The van der Waals surface area contributed by atoms with Gasteiger partial charge in [-0.2, -0.15) is 0 Å². The number of anilines is 1. The van der Waals surface area contributed by atoms with Gasteiger partial charge in [-0.15, -0.1) is 11.3 Å². The summed E-state index contributed by atoms with van der Waals surface area (Å²) in [6.45, 7) is 3.72. The Morgan fingerprint density at radius 3 is 2.48 bits per heavy atom. The number of methoxy groups -OCH3 is 1. The molecule has 0 fully saturated rings. The third-order valence-corrected chi connectivity index (χ3v) is 4.97. The van der Waals surface area contributed by atoms with Crippen LogP contribution in [-0.4, -0.2) is 19.0 Å². The highest BCUT2D eigenvalue weighted by atomic mass is 32.1. The van der Waals surface area contributed by atoms with Gasteiger partial charge in [0.2, 0.25) is 0 Å². The molecule has 1 aromatic heterocycles. The molecule has 6 nitrogen and oxygen atoms in total. The summed E-state index contributed by atoms with van der Waals surface area (Å²) >= 11 is 1.56. The van der Waals surface area contributed by atoms with Gasteiger partial charge in [-0.3, -0.25) is 4.79 Å². The average Bonchev–Trinajstić information content (AvgIpc) is 3.01. The lowest BCUT2D eigenvalue weighted by Crippen LogP contribution is -2.45. The van der Waals surface area contributed by atoms with Crippen LogP contribution in [0.5, 0.6) is 5.75 Å². The van der Waals surface area contributed by atoms with Gasteiger partial charge in [-0.05, 0) is 50.2 Å². The minimum atomic E-state index is -0.467. The van der Waals surface area contributed by atoms with Crippen LogP contribution in [0, 0.1) is 6.92 Å². The summed E-state index contributed by atoms with van der Waals surface area (Å²) in [5.74, 6) is 0.457. The highest BCUT2D eigenvalue weighted by Crippen LogP contribution is 2.32. The number of carbonyl (C=O) groups excluding carboxylic acids is 2. The third kappa shape index (κ3) is 3.66. The topological polar surface area (TPSA) is 79.5 Å². The predicted molar refractivity (Wildman–Crippen MR) is 97.8 cm³/mol.